The largest absolute Gasteiger partial charge is 0.398 e. The predicted octanol–water partition coefficient (Wildman–Crippen LogP) is 0.557. The van der Waals surface area contributed by atoms with Gasteiger partial charge >= 0.3 is 0 Å². The van der Waals surface area contributed by atoms with Crippen LogP contribution in [0.2, 0.25) is 0 Å². The maximum absolute atomic E-state index is 12.5. The van der Waals surface area contributed by atoms with Gasteiger partial charge < -0.3 is 11.1 Å². The molecule has 0 aromatic heterocycles. The minimum Gasteiger partial charge on any atom is -0.398 e. The van der Waals surface area contributed by atoms with Crippen LogP contribution in [0.15, 0.2) is 24.3 Å². The number of benzene rings is 1. The van der Waals surface area contributed by atoms with Gasteiger partial charge in [0.1, 0.15) is 0 Å². The third-order valence-corrected chi connectivity index (χ3v) is 5.58. The van der Waals surface area contributed by atoms with Crippen molar-refractivity contribution >= 4 is 21.6 Å². The molecule has 0 bridgehead atoms. The molecule has 1 atom stereocenters. The van der Waals surface area contributed by atoms with Crippen molar-refractivity contribution in [1.82, 2.24) is 9.62 Å². The van der Waals surface area contributed by atoms with E-state index < -0.39 is 10.0 Å². The Hall–Kier alpha value is -1.60. The van der Waals surface area contributed by atoms with Crippen LogP contribution in [0, 0.1) is 5.92 Å². The molecule has 1 amide bonds. The van der Waals surface area contributed by atoms with E-state index in [2.05, 4.69) is 5.32 Å². The van der Waals surface area contributed by atoms with Gasteiger partial charge in [-0.2, -0.15) is 0 Å². The Balaban J connectivity index is 2.12. The van der Waals surface area contributed by atoms with E-state index in [0.717, 1.165) is 6.42 Å². The van der Waals surface area contributed by atoms with Crippen LogP contribution in [0.1, 0.15) is 18.4 Å². The third-order valence-electron chi connectivity index (χ3n) is 3.79. The van der Waals surface area contributed by atoms with Crippen LogP contribution >= 0.6 is 0 Å². The summed E-state index contributed by atoms with van der Waals surface area (Å²) in [4.78, 5) is 11.7. The van der Waals surface area contributed by atoms with Crippen molar-refractivity contribution < 1.29 is 13.2 Å². The van der Waals surface area contributed by atoms with Gasteiger partial charge in [-0.3, -0.25) is 4.79 Å². The zero-order valence-corrected chi connectivity index (χ0v) is 12.9. The lowest BCUT2D eigenvalue weighted by Crippen LogP contribution is -2.45. The molecule has 1 aromatic rings. The van der Waals surface area contributed by atoms with Gasteiger partial charge in [0.25, 0.3) is 0 Å². The van der Waals surface area contributed by atoms with E-state index in [1.165, 1.54) is 4.31 Å². The Morgan fingerprint density at radius 3 is 2.81 bits per heavy atom. The maximum Gasteiger partial charge on any atom is 0.224 e. The molecule has 3 N–H and O–H groups in total. The number of para-hydroxylation sites is 1. The van der Waals surface area contributed by atoms with Crippen molar-refractivity contribution in [1.29, 1.82) is 0 Å². The number of anilines is 1. The zero-order chi connectivity index (χ0) is 15.5. The molecule has 0 radical (unpaired) electrons. The number of carbonyl (C=O) groups excluding carboxylic acids is 1. The Bertz CT molecular complexity index is 616. The first-order valence-corrected chi connectivity index (χ1v) is 8.58. The van der Waals surface area contributed by atoms with E-state index in [1.807, 2.05) is 0 Å². The Morgan fingerprint density at radius 2 is 2.14 bits per heavy atom. The molecule has 1 aliphatic rings. The fourth-order valence-electron chi connectivity index (χ4n) is 2.57. The number of nitrogen functional groups attached to an aromatic ring is 1. The minimum atomic E-state index is -3.46. The van der Waals surface area contributed by atoms with Gasteiger partial charge in [0.15, 0.2) is 0 Å². The molecule has 1 fully saturated rings. The summed E-state index contributed by atoms with van der Waals surface area (Å²) in [5.74, 6) is -0.499. The fourth-order valence-corrected chi connectivity index (χ4v) is 4.22. The van der Waals surface area contributed by atoms with Crippen LogP contribution in [0.25, 0.3) is 0 Å². The van der Waals surface area contributed by atoms with Crippen LogP contribution in [0.5, 0.6) is 0 Å². The summed E-state index contributed by atoms with van der Waals surface area (Å²) in [7, 11) is -1.89. The number of nitrogens with two attached hydrogens (primary N) is 1. The van der Waals surface area contributed by atoms with Crippen LogP contribution in [-0.4, -0.2) is 38.8 Å². The molecule has 21 heavy (non-hydrogen) atoms. The number of nitrogens with one attached hydrogen (secondary N) is 1. The van der Waals surface area contributed by atoms with Gasteiger partial charge in [0, 0.05) is 25.8 Å². The Kier molecular flexibility index (Phi) is 4.84. The summed E-state index contributed by atoms with van der Waals surface area (Å²) in [6, 6.07) is 6.94. The quantitative estimate of drug-likeness (QED) is 0.795. The van der Waals surface area contributed by atoms with Crippen molar-refractivity contribution in [2.45, 2.75) is 18.6 Å². The van der Waals surface area contributed by atoms with Gasteiger partial charge in [0.2, 0.25) is 15.9 Å². The number of rotatable bonds is 4. The Labute approximate surface area is 125 Å². The van der Waals surface area contributed by atoms with E-state index in [-0.39, 0.29) is 24.1 Å². The lowest BCUT2D eigenvalue weighted by Gasteiger charge is -2.31. The maximum atomic E-state index is 12.5. The molecule has 1 saturated heterocycles. The first-order chi connectivity index (χ1) is 9.94. The lowest BCUT2D eigenvalue weighted by atomic mass is 9.99. The molecule has 0 spiro atoms. The number of sulfonamides is 1. The van der Waals surface area contributed by atoms with E-state index in [1.54, 1.807) is 31.3 Å². The number of nitrogens with zero attached hydrogens (tertiary/aromatic N) is 1. The zero-order valence-electron chi connectivity index (χ0n) is 12.1. The molecule has 1 unspecified atom stereocenters. The van der Waals surface area contributed by atoms with Gasteiger partial charge in [-0.15, -0.1) is 0 Å². The van der Waals surface area contributed by atoms with Crippen LogP contribution in [-0.2, 0) is 20.6 Å². The Morgan fingerprint density at radius 1 is 1.43 bits per heavy atom. The summed E-state index contributed by atoms with van der Waals surface area (Å²) in [5.41, 5.74) is 6.88. The van der Waals surface area contributed by atoms with Gasteiger partial charge in [0.05, 0.1) is 11.7 Å². The summed E-state index contributed by atoms with van der Waals surface area (Å²) in [6.07, 6.45) is 1.42. The van der Waals surface area contributed by atoms with E-state index in [4.69, 9.17) is 5.73 Å². The minimum absolute atomic E-state index is 0.103. The van der Waals surface area contributed by atoms with Crippen molar-refractivity contribution in [2.24, 2.45) is 5.92 Å². The average Bonchev–Trinajstić information content (AvgIpc) is 2.49. The van der Waals surface area contributed by atoms with Gasteiger partial charge in [-0.25, -0.2) is 12.7 Å². The topological polar surface area (TPSA) is 92.5 Å². The SMILES string of the molecule is CNC(=O)C1CCCN(S(=O)(=O)Cc2ccccc2N)C1. The molecule has 2 rings (SSSR count). The van der Waals surface area contributed by atoms with Crippen molar-refractivity contribution in [3.8, 4) is 0 Å². The van der Waals surface area contributed by atoms with Crippen LogP contribution < -0.4 is 11.1 Å². The highest BCUT2D eigenvalue weighted by atomic mass is 32.2. The van der Waals surface area contributed by atoms with Crippen LogP contribution in [0.4, 0.5) is 5.69 Å². The first-order valence-electron chi connectivity index (χ1n) is 6.97. The molecule has 0 aliphatic carbocycles. The highest BCUT2D eigenvalue weighted by Gasteiger charge is 2.32. The molecule has 0 saturated carbocycles. The normalized spacial score (nSPS) is 20.1. The second-order valence-electron chi connectivity index (χ2n) is 5.27. The van der Waals surface area contributed by atoms with Crippen LogP contribution in [0.3, 0.4) is 0 Å². The second-order valence-corrected chi connectivity index (χ2v) is 7.24. The molecular formula is C14H21N3O3S. The van der Waals surface area contributed by atoms with E-state index in [9.17, 15) is 13.2 Å². The molecular weight excluding hydrogens is 290 g/mol. The molecule has 116 valence electrons. The summed E-state index contributed by atoms with van der Waals surface area (Å²) < 4.78 is 26.4. The summed E-state index contributed by atoms with van der Waals surface area (Å²) in [6.45, 7) is 0.706. The lowest BCUT2D eigenvalue weighted by molar-refractivity contribution is -0.125. The predicted molar refractivity (Wildman–Crippen MR) is 81.8 cm³/mol. The average molecular weight is 311 g/mol. The molecule has 1 aromatic carbocycles. The van der Waals surface area contributed by atoms with Gasteiger partial charge in [-0.05, 0) is 24.5 Å². The first kappa shape index (κ1) is 15.8. The van der Waals surface area contributed by atoms with E-state index >= 15 is 0 Å². The molecule has 7 heteroatoms. The van der Waals surface area contributed by atoms with E-state index in [0.29, 0.717) is 24.2 Å². The van der Waals surface area contributed by atoms with Crippen molar-refractivity contribution in [2.75, 3.05) is 25.9 Å². The van der Waals surface area contributed by atoms with Gasteiger partial charge in [-0.1, -0.05) is 18.2 Å². The summed E-state index contributed by atoms with van der Waals surface area (Å²) in [5, 5.41) is 2.59. The van der Waals surface area contributed by atoms with Crippen molar-refractivity contribution in [3.05, 3.63) is 29.8 Å². The second kappa shape index (κ2) is 6.44. The summed E-state index contributed by atoms with van der Waals surface area (Å²) >= 11 is 0. The fraction of sp³-hybridized carbons (Fsp3) is 0.500. The number of carbonyl (C=O) groups is 1. The number of amides is 1. The molecule has 1 aliphatic heterocycles. The highest BCUT2D eigenvalue weighted by molar-refractivity contribution is 7.88. The number of hydrogen-bond acceptors (Lipinski definition) is 4. The molecule has 6 nitrogen and oxygen atoms in total. The number of piperidine rings is 1. The monoisotopic (exact) mass is 311 g/mol. The third kappa shape index (κ3) is 3.74. The number of hydrogen-bond donors (Lipinski definition) is 2. The van der Waals surface area contributed by atoms with Crippen molar-refractivity contribution in [3.63, 3.8) is 0 Å². The molecule has 1 heterocycles. The smallest absolute Gasteiger partial charge is 0.224 e. The highest BCUT2D eigenvalue weighted by Crippen LogP contribution is 2.23. The standard InChI is InChI=1S/C14H21N3O3S/c1-16-14(18)11-6-4-8-17(9-11)21(19,20)10-12-5-2-3-7-13(12)15/h2-3,5,7,11H,4,6,8-10,15H2,1H3,(H,16,18).